The van der Waals surface area contributed by atoms with Gasteiger partial charge < -0.3 is 10.7 Å². The Balaban J connectivity index is 1.66. The molecule has 3 N–H and O–H groups in total. The van der Waals surface area contributed by atoms with Crippen molar-refractivity contribution in [2.45, 2.75) is 51.4 Å². The molecule has 0 radical (unpaired) electrons. The highest BCUT2D eigenvalue weighted by atomic mass is 32.2. The molecule has 4 rings (SSSR count). The molecule has 0 unspecified atom stereocenters. The number of carbonyl (C=O) groups is 1. The van der Waals surface area contributed by atoms with Crippen molar-refractivity contribution in [3.8, 4) is 17.2 Å². The molecular formula is C26H31N5O3S. The Bertz CT molecular complexity index is 1370. The third-order valence-electron chi connectivity index (χ3n) is 6.87. The van der Waals surface area contributed by atoms with Gasteiger partial charge in [-0.05, 0) is 79.8 Å². The van der Waals surface area contributed by atoms with Crippen LogP contribution in [0.1, 0.15) is 66.4 Å². The molecule has 0 spiro atoms. The third kappa shape index (κ3) is 5.39. The summed E-state index contributed by atoms with van der Waals surface area (Å²) in [6, 6.07) is 8.12. The standard InChI is InChI=1S/C26H31N5O3S/c1-2-35(33,34)31-10-7-19(8-11-31)24-17-30-25-22(24)13-20(14-23(25)26(28)32)21-12-18(15-29-16-21)6-4-3-5-9-27/h12-17,19,30H,2-8,10-11H2,1H3,(H2,28,32). The van der Waals surface area contributed by atoms with Gasteiger partial charge in [-0.15, -0.1) is 0 Å². The Morgan fingerprint density at radius 3 is 2.66 bits per heavy atom. The number of H-pyrrole nitrogens is 1. The summed E-state index contributed by atoms with van der Waals surface area (Å²) >= 11 is 0. The molecule has 9 heteroatoms. The van der Waals surface area contributed by atoms with E-state index in [0.717, 1.165) is 59.7 Å². The van der Waals surface area contributed by atoms with Crippen LogP contribution in [0.2, 0.25) is 0 Å². The van der Waals surface area contributed by atoms with Gasteiger partial charge in [0.25, 0.3) is 5.91 Å². The number of nitrogens with two attached hydrogens (primary N) is 1. The number of nitriles is 1. The number of nitrogens with zero attached hydrogens (tertiary/aromatic N) is 3. The fraction of sp³-hybridized carbons (Fsp3) is 0.423. The molecular weight excluding hydrogens is 462 g/mol. The van der Waals surface area contributed by atoms with Gasteiger partial charge in [0.1, 0.15) is 0 Å². The number of amides is 1. The van der Waals surface area contributed by atoms with Crippen molar-refractivity contribution in [1.82, 2.24) is 14.3 Å². The number of carbonyl (C=O) groups excluding carboxylic acids is 1. The maximum absolute atomic E-state index is 12.3. The molecule has 1 fully saturated rings. The average Bonchev–Trinajstić information content (AvgIpc) is 3.30. The van der Waals surface area contributed by atoms with Gasteiger partial charge in [0.15, 0.2) is 0 Å². The predicted octanol–water partition coefficient (Wildman–Crippen LogP) is 4.09. The number of pyridine rings is 1. The third-order valence-corrected chi connectivity index (χ3v) is 8.75. The Kier molecular flexibility index (Phi) is 7.53. The first kappa shape index (κ1) is 24.9. The molecule has 0 bridgehead atoms. The number of primary amides is 1. The van der Waals surface area contributed by atoms with Crippen molar-refractivity contribution in [3.05, 3.63) is 53.5 Å². The number of nitrogens with one attached hydrogen (secondary N) is 1. The Labute approximate surface area is 206 Å². The van der Waals surface area contributed by atoms with E-state index in [2.05, 4.69) is 28.2 Å². The first-order chi connectivity index (χ1) is 16.8. The summed E-state index contributed by atoms with van der Waals surface area (Å²) in [6.07, 6.45) is 10.1. The van der Waals surface area contributed by atoms with Crippen molar-refractivity contribution in [1.29, 1.82) is 5.26 Å². The summed E-state index contributed by atoms with van der Waals surface area (Å²) in [4.78, 5) is 20.0. The summed E-state index contributed by atoms with van der Waals surface area (Å²) in [5.41, 5.74) is 10.8. The van der Waals surface area contributed by atoms with E-state index < -0.39 is 15.9 Å². The smallest absolute Gasteiger partial charge is 0.250 e. The predicted molar refractivity (Wildman–Crippen MR) is 136 cm³/mol. The lowest BCUT2D eigenvalue weighted by Gasteiger charge is -2.31. The van der Waals surface area contributed by atoms with Gasteiger partial charge in [0.2, 0.25) is 10.0 Å². The number of piperidine rings is 1. The highest BCUT2D eigenvalue weighted by molar-refractivity contribution is 7.89. The van der Waals surface area contributed by atoms with E-state index >= 15 is 0 Å². The van der Waals surface area contributed by atoms with E-state index in [1.807, 2.05) is 12.4 Å². The number of aryl methyl sites for hydroxylation is 1. The summed E-state index contributed by atoms with van der Waals surface area (Å²) < 4.78 is 26.1. The molecule has 184 valence electrons. The molecule has 0 saturated carbocycles. The van der Waals surface area contributed by atoms with E-state index in [9.17, 15) is 13.2 Å². The monoisotopic (exact) mass is 493 g/mol. The number of hydrogen-bond donors (Lipinski definition) is 2. The number of aromatic nitrogens is 2. The van der Waals surface area contributed by atoms with Crippen molar-refractivity contribution in [2.24, 2.45) is 5.73 Å². The molecule has 35 heavy (non-hydrogen) atoms. The summed E-state index contributed by atoms with van der Waals surface area (Å²) in [5, 5.41) is 9.68. The molecule has 1 saturated heterocycles. The lowest BCUT2D eigenvalue weighted by molar-refractivity contribution is 0.100. The van der Waals surface area contributed by atoms with E-state index in [1.54, 1.807) is 23.5 Å². The van der Waals surface area contributed by atoms with Crippen LogP contribution < -0.4 is 5.73 Å². The van der Waals surface area contributed by atoms with Crippen molar-refractivity contribution in [2.75, 3.05) is 18.8 Å². The van der Waals surface area contributed by atoms with Crippen LogP contribution in [0.5, 0.6) is 0 Å². The van der Waals surface area contributed by atoms with Gasteiger partial charge >= 0.3 is 0 Å². The Morgan fingerprint density at radius 2 is 1.97 bits per heavy atom. The zero-order valence-electron chi connectivity index (χ0n) is 20.0. The fourth-order valence-corrected chi connectivity index (χ4v) is 6.03. The molecule has 1 amide bonds. The van der Waals surface area contributed by atoms with Gasteiger partial charge in [-0.3, -0.25) is 9.78 Å². The van der Waals surface area contributed by atoms with Crippen LogP contribution in [-0.2, 0) is 16.4 Å². The van der Waals surface area contributed by atoms with Crippen LogP contribution in [0.25, 0.3) is 22.0 Å². The lowest BCUT2D eigenvalue weighted by Crippen LogP contribution is -2.38. The lowest BCUT2D eigenvalue weighted by atomic mass is 9.88. The number of hydrogen-bond acceptors (Lipinski definition) is 5. The SMILES string of the molecule is CCS(=O)(=O)N1CCC(c2c[nH]c3c(C(N)=O)cc(-c4cncc(CCCCC#N)c4)cc23)CC1. The topological polar surface area (TPSA) is 133 Å². The number of unbranched alkanes of at least 4 members (excludes halogenated alkanes) is 2. The maximum atomic E-state index is 12.3. The molecule has 8 nitrogen and oxygen atoms in total. The van der Waals surface area contributed by atoms with Gasteiger partial charge in [-0.2, -0.15) is 5.26 Å². The molecule has 0 atom stereocenters. The molecule has 1 aliphatic rings. The zero-order chi connectivity index (χ0) is 25.0. The second-order valence-electron chi connectivity index (χ2n) is 9.08. The summed E-state index contributed by atoms with van der Waals surface area (Å²) in [5.74, 6) is -0.205. The quantitative estimate of drug-likeness (QED) is 0.433. The number of benzene rings is 1. The van der Waals surface area contributed by atoms with Gasteiger partial charge in [0.05, 0.1) is 22.9 Å². The van der Waals surface area contributed by atoms with Crippen LogP contribution >= 0.6 is 0 Å². The highest BCUT2D eigenvalue weighted by Crippen LogP contribution is 2.37. The van der Waals surface area contributed by atoms with Crippen molar-refractivity contribution >= 4 is 26.8 Å². The normalized spacial score (nSPS) is 15.3. The number of aromatic amines is 1. The Hall–Kier alpha value is -3.22. The molecule has 2 aromatic heterocycles. The summed E-state index contributed by atoms with van der Waals surface area (Å²) in [6.45, 7) is 2.66. The minimum atomic E-state index is -3.19. The molecule has 3 heterocycles. The zero-order valence-corrected chi connectivity index (χ0v) is 20.8. The molecule has 1 aromatic carbocycles. The van der Waals surface area contributed by atoms with Gasteiger partial charge in [-0.1, -0.05) is 0 Å². The van der Waals surface area contributed by atoms with Crippen molar-refractivity contribution < 1.29 is 13.2 Å². The largest absolute Gasteiger partial charge is 0.366 e. The average molecular weight is 494 g/mol. The van der Waals surface area contributed by atoms with Crippen LogP contribution in [0.15, 0.2) is 36.8 Å². The minimum Gasteiger partial charge on any atom is -0.366 e. The molecule has 1 aliphatic heterocycles. The van der Waals surface area contributed by atoms with Crippen LogP contribution in [0.4, 0.5) is 0 Å². The molecule has 3 aromatic rings. The highest BCUT2D eigenvalue weighted by Gasteiger charge is 2.29. The number of rotatable bonds is 9. The van der Waals surface area contributed by atoms with E-state index in [4.69, 9.17) is 11.0 Å². The summed E-state index contributed by atoms with van der Waals surface area (Å²) in [7, 11) is -3.19. The second kappa shape index (κ2) is 10.6. The van der Waals surface area contributed by atoms with E-state index in [1.165, 1.54) is 0 Å². The van der Waals surface area contributed by atoms with E-state index in [0.29, 0.717) is 30.6 Å². The van der Waals surface area contributed by atoms with Gasteiger partial charge in [-0.25, -0.2) is 12.7 Å². The first-order valence-corrected chi connectivity index (χ1v) is 13.7. The second-order valence-corrected chi connectivity index (χ2v) is 11.3. The Morgan fingerprint density at radius 1 is 1.20 bits per heavy atom. The fourth-order valence-electron chi connectivity index (χ4n) is 4.89. The van der Waals surface area contributed by atoms with Crippen LogP contribution in [0, 0.1) is 11.3 Å². The maximum Gasteiger partial charge on any atom is 0.250 e. The van der Waals surface area contributed by atoms with Crippen molar-refractivity contribution in [3.63, 3.8) is 0 Å². The van der Waals surface area contributed by atoms with E-state index in [-0.39, 0.29) is 11.7 Å². The minimum absolute atomic E-state index is 0.113. The number of fused-ring (bicyclic) bond motifs is 1. The van der Waals surface area contributed by atoms with Crippen LogP contribution in [0.3, 0.4) is 0 Å². The van der Waals surface area contributed by atoms with Crippen LogP contribution in [-0.4, -0.2) is 47.4 Å². The van der Waals surface area contributed by atoms with Gasteiger partial charge in [0, 0.05) is 49.1 Å². The first-order valence-electron chi connectivity index (χ1n) is 12.1. The molecule has 0 aliphatic carbocycles. The number of sulfonamides is 1.